The topological polar surface area (TPSA) is 84.8 Å². The minimum Gasteiger partial charge on any atom is -0.493 e. The van der Waals surface area contributed by atoms with Gasteiger partial charge in [-0.3, -0.25) is 4.72 Å². The molecule has 2 aromatic carbocycles. The van der Waals surface area contributed by atoms with E-state index in [-0.39, 0.29) is 0 Å². The van der Waals surface area contributed by atoms with Crippen LogP contribution in [0.2, 0.25) is 0 Å². The van der Waals surface area contributed by atoms with E-state index in [2.05, 4.69) is 8.49 Å². The van der Waals surface area contributed by atoms with Gasteiger partial charge in [0.05, 0.1) is 22.0 Å². The molecule has 0 aromatic heterocycles. The first-order chi connectivity index (χ1) is 11.4. The number of rotatable bonds is 4. The first-order valence-corrected chi connectivity index (χ1v) is 10.8. The van der Waals surface area contributed by atoms with E-state index in [1.54, 1.807) is 48.5 Å². The first-order valence-electron chi connectivity index (χ1n) is 7.43. The molecule has 0 radical (unpaired) electrons. The van der Waals surface area contributed by atoms with Gasteiger partial charge in [-0.2, -0.15) is 8.42 Å². The van der Waals surface area contributed by atoms with Gasteiger partial charge in [0, 0.05) is 11.2 Å². The fourth-order valence-corrected chi connectivity index (χ4v) is 5.57. The molecule has 0 saturated carbocycles. The Labute approximate surface area is 142 Å². The fourth-order valence-electron chi connectivity index (χ4n) is 2.49. The smallest absolute Gasteiger partial charge is 0.350 e. The molecule has 0 spiro atoms. The van der Waals surface area contributed by atoms with Crippen LogP contribution < -0.4 is 9.46 Å². The highest BCUT2D eigenvalue weighted by Crippen LogP contribution is 2.28. The summed E-state index contributed by atoms with van der Waals surface area (Å²) in [6.07, 6.45) is 3.03. The van der Waals surface area contributed by atoms with E-state index in [1.807, 2.05) is 0 Å². The Hall–Kier alpha value is -2.06. The summed E-state index contributed by atoms with van der Waals surface area (Å²) < 4.78 is 48.6. The van der Waals surface area contributed by atoms with Crippen LogP contribution >= 0.6 is 0 Å². The molecule has 1 unspecified atom stereocenters. The quantitative estimate of drug-likeness (QED) is 0.902. The Morgan fingerprint density at radius 3 is 2.58 bits per heavy atom. The predicted molar refractivity (Wildman–Crippen MR) is 94.0 cm³/mol. The molecule has 0 aliphatic carbocycles. The second kappa shape index (κ2) is 6.45. The number of nitrogens with one attached hydrogen (secondary N) is 1. The third-order valence-electron chi connectivity index (χ3n) is 3.58. The maximum Gasteiger partial charge on any atom is 0.350 e. The van der Waals surface area contributed by atoms with Crippen molar-refractivity contribution < 1.29 is 17.4 Å². The zero-order valence-electron chi connectivity index (χ0n) is 13.1. The van der Waals surface area contributed by atoms with Crippen molar-refractivity contribution in [3.63, 3.8) is 0 Å². The number of hydrogen-bond donors (Lipinski definition) is 1. The first kappa shape index (κ1) is 16.8. The van der Waals surface area contributed by atoms with Crippen LogP contribution in [0, 0.1) is 0 Å². The van der Waals surface area contributed by atoms with E-state index >= 15 is 0 Å². The summed E-state index contributed by atoms with van der Waals surface area (Å²) in [5.74, 6) is 0.768. The van der Waals surface area contributed by atoms with Gasteiger partial charge < -0.3 is 4.74 Å². The maximum absolute atomic E-state index is 12.6. The van der Waals surface area contributed by atoms with Crippen molar-refractivity contribution in [2.75, 3.05) is 17.6 Å². The van der Waals surface area contributed by atoms with Crippen molar-refractivity contribution in [2.24, 2.45) is 3.77 Å². The van der Waals surface area contributed by atoms with Gasteiger partial charge in [-0.15, -0.1) is 0 Å². The highest BCUT2D eigenvalue weighted by Gasteiger charge is 2.16. The van der Waals surface area contributed by atoms with Crippen LogP contribution in [0.3, 0.4) is 0 Å². The number of fused-ring (bicyclic) bond motifs is 1. The highest BCUT2D eigenvalue weighted by atomic mass is 32.3. The van der Waals surface area contributed by atoms with Gasteiger partial charge in [0.1, 0.15) is 5.75 Å². The summed E-state index contributed by atoms with van der Waals surface area (Å²) in [7, 11) is -7.16. The van der Waals surface area contributed by atoms with Gasteiger partial charge in [0.2, 0.25) is 0 Å². The second-order valence-electron chi connectivity index (χ2n) is 5.54. The van der Waals surface area contributed by atoms with Gasteiger partial charge in [-0.25, -0.2) is 4.21 Å². The molecule has 8 heteroatoms. The largest absolute Gasteiger partial charge is 0.493 e. The van der Waals surface area contributed by atoms with E-state index in [9.17, 15) is 12.6 Å². The van der Waals surface area contributed by atoms with Crippen molar-refractivity contribution in [1.29, 1.82) is 0 Å². The summed E-state index contributed by atoms with van der Waals surface area (Å²) in [6.45, 7) is 0.669. The average Bonchev–Trinajstić information content (AvgIpc) is 2.54. The molecule has 0 saturated heterocycles. The Morgan fingerprint density at radius 2 is 1.83 bits per heavy atom. The number of anilines is 1. The van der Waals surface area contributed by atoms with Crippen molar-refractivity contribution in [3.8, 4) is 5.75 Å². The average molecular weight is 366 g/mol. The number of hydrogen-bond acceptors (Lipinski definition) is 4. The van der Waals surface area contributed by atoms with Gasteiger partial charge in [-0.1, -0.05) is 22.0 Å². The molecule has 0 amide bonds. The maximum atomic E-state index is 12.6. The lowest BCUT2D eigenvalue weighted by Gasteiger charge is -2.18. The molecule has 1 heterocycles. The third kappa shape index (κ3) is 3.88. The summed E-state index contributed by atoms with van der Waals surface area (Å²) >= 11 is 0. The molecular formula is C16H18N2O4S2. The molecule has 24 heavy (non-hydrogen) atoms. The van der Waals surface area contributed by atoms with E-state index in [0.717, 1.165) is 24.2 Å². The third-order valence-corrected chi connectivity index (χ3v) is 7.14. The molecule has 2 aromatic rings. The van der Waals surface area contributed by atoms with E-state index < -0.39 is 19.9 Å². The zero-order chi connectivity index (χ0) is 17.2. The Bertz CT molecular complexity index is 963. The van der Waals surface area contributed by atoms with Crippen LogP contribution in [0.15, 0.2) is 57.2 Å². The van der Waals surface area contributed by atoms with Crippen molar-refractivity contribution >= 4 is 25.6 Å². The van der Waals surface area contributed by atoms with E-state index in [4.69, 9.17) is 4.74 Å². The highest BCUT2D eigenvalue weighted by molar-refractivity contribution is 8.03. The number of aryl methyl sites for hydroxylation is 1. The van der Waals surface area contributed by atoms with E-state index in [1.165, 1.54) is 6.26 Å². The Morgan fingerprint density at radius 1 is 1.08 bits per heavy atom. The van der Waals surface area contributed by atoms with Gasteiger partial charge >= 0.3 is 10.2 Å². The second-order valence-corrected chi connectivity index (χ2v) is 9.37. The van der Waals surface area contributed by atoms with Crippen molar-refractivity contribution in [3.05, 3.63) is 54.1 Å². The van der Waals surface area contributed by atoms with Crippen LogP contribution in [0.1, 0.15) is 12.0 Å². The van der Waals surface area contributed by atoms with Crippen LogP contribution in [-0.2, 0) is 26.4 Å². The van der Waals surface area contributed by atoms with Crippen molar-refractivity contribution in [1.82, 2.24) is 0 Å². The molecule has 128 valence electrons. The predicted octanol–water partition coefficient (Wildman–Crippen LogP) is 2.83. The molecule has 1 aliphatic rings. The summed E-state index contributed by atoms with van der Waals surface area (Å²) in [5, 5.41) is 0. The standard InChI is InChI=1S/C16H18N2O4S2/c1-23(19,15-7-3-2-4-8-15)18-24(20,21)17-14-9-10-16-13(12-14)6-5-11-22-16/h2-4,7-10,12,17H,5-6,11H2,1H3. The molecular weight excluding hydrogens is 348 g/mol. The Balaban J connectivity index is 1.89. The number of nitrogens with zero attached hydrogens (tertiary/aromatic N) is 1. The molecule has 0 bridgehead atoms. The summed E-state index contributed by atoms with van der Waals surface area (Å²) in [5.41, 5.74) is 1.33. The lowest BCUT2D eigenvalue weighted by Crippen LogP contribution is -2.14. The van der Waals surface area contributed by atoms with E-state index in [0.29, 0.717) is 17.2 Å². The van der Waals surface area contributed by atoms with Crippen LogP contribution in [0.5, 0.6) is 5.75 Å². The van der Waals surface area contributed by atoms with Gasteiger partial charge in [0.15, 0.2) is 0 Å². The molecule has 0 fully saturated rings. The monoisotopic (exact) mass is 366 g/mol. The van der Waals surface area contributed by atoms with Crippen molar-refractivity contribution in [2.45, 2.75) is 17.7 Å². The fraction of sp³-hybridized carbons (Fsp3) is 0.250. The van der Waals surface area contributed by atoms with Crippen LogP contribution in [-0.4, -0.2) is 25.5 Å². The molecule has 1 N–H and O–H groups in total. The minimum absolute atomic E-state index is 0.370. The van der Waals surface area contributed by atoms with Gasteiger partial charge in [-0.05, 0) is 48.7 Å². The molecule has 6 nitrogen and oxygen atoms in total. The number of benzene rings is 2. The van der Waals surface area contributed by atoms with Crippen LogP contribution in [0.25, 0.3) is 0 Å². The SMILES string of the molecule is CS(=O)(=NS(=O)(=O)Nc1ccc2c(c1)CCCO2)c1ccccc1. The van der Waals surface area contributed by atoms with Crippen LogP contribution in [0.4, 0.5) is 5.69 Å². The number of ether oxygens (including phenoxy) is 1. The molecule has 3 rings (SSSR count). The minimum atomic E-state index is -4.11. The lowest BCUT2D eigenvalue weighted by molar-refractivity contribution is 0.288. The zero-order valence-corrected chi connectivity index (χ0v) is 14.8. The normalized spacial score (nSPS) is 16.4. The summed E-state index contributed by atoms with van der Waals surface area (Å²) in [6, 6.07) is 13.4. The Kier molecular flexibility index (Phi) is 4.51. The summed E-state index contributed by atoms with van der Waals surface area (Å²) in [4.78, 5) is 0.370. The van der Waals surface area contributed by atoms with Gasteiger partial charge in [0.25, 0.3) is 0 Å². The molecule has 1 aliphatic heterocycles. The lowest BCUT2D eigenvalue weighted by atomic mass is 10.1. The molecule has 1 atom stereocenters.